The van der Waals surface area contributed by atoms with E-state index in [4.69, 9.17) is 0 Å². The lowest BCUT2D eigenvalue weighted by atomic mass is 9.91. The molecule has 3 aromatic rings. The molecule has 1 aromatic heterocycles. The van der Waals surface area contributed by atoms with E-state index < -0.39 is 17.5 Å². The summed E-state index contributed by atoms with van der Waals surface area (Å²) in [5.41, 5.74) is 5.31. The highest BCUT2D eigenvalue weighted by atomic mass is 32.1. The van der Waals surface area contributed by atoms with Gasteiger partial charge in [-0.05, 0) is 68.1 Å². The van der Waals surface area contributed by atoms with Crippen molar-refractivity contribution in [2.24, 2.45) is 0 Å². The molecule has 7 nitrogen and oxygen atoms in total. The molecular weight excluding hydrogens is 412 g/mol. The number of urea groups is 1. The smallest absolute Gasteiger partial charge is 0.320 e. The maximum absolute atomic E-state index is 12.7. The van der Waals surface area contributed by atoms with Crippen LogP contribution in [0.15, 0.2) is 41.8 Å². The molecule has 1 saturated heterocycles. The third kappa shape index (κ3) is 3.82. The first-order valence-electron chi connectivity index (χ1n) is 9.76. The Hall–Kier alpha value is -3.52. The number of thiazole rings is 1. The maximum atomic E-state index is 12.7. The van der Waals surface area contributed by atoms with Gasteiger partial charge in [0.15, 0.2) is 5.13 Å². The first-order chi connectivity index (χ1) is 14.7. The molecule has 0 aliphatic carbocycles. The van der Waals surface area contributed by atoms with Gasteiger partial charge in [0.2, 0.25) is 0 Å². The van der Waals surface area contributed by atoms with E-state index in [2.05, 4.69) is 53.8 Å². The molecule has 0 bridgehead atoms. The van der Waals surface area contributed by atoms with Crippen LogP contribution in [-0.4, -0.2) is 22.8 Å². The van der Waals surface area contributed by atoms with Gasteiger partial charge in [0.1, 0.15) is 5.54 Å². The quantitative estimate of drug-likeness (QED) is 0.540. The molecule has 4 amide bonds. The van der Waals surface area contributed by atoms with Crippen LogP contribution in [0.5, 0.6) is 0 Å². The third-order valence-corrected chi connectivity index (χ3v) is 6.37. The van der Waals surface area contributed by atoms with Crippen LogP contribution in [0, 0.1) is 20.8 Å². The van der Waals surface area contributed by atoms with Crippen molar-refractivity contribution in [3.8, 4) is 11.3 Å². The van der Waals surface area contributed by atoms with Gasteiger partial charge in [0.25, 0.3) is 11.8 Å². The minimum atomic E-state index is -1.15. The minimum Gasteiger partial charge on any atom is -0.320 e. The Labute approximate surface area is 183 Å². The number of hydrogen-bond donors (Lipinski definition) is 3. The Morgan fingerprint density at radius 3 is 2.35 bits per heavy atom. The average Bonchev–Trinajstić information content (AvgIpc) is 3.28. The number of anilines is 1. The van der Waals surface area contributed by atoms with Crippen LogP contribution in [0.4, 0.5) is 9.93 Å². The number of imide groups is 1. The molecule has 3 N–H and O–H groups in total. The van der Waals surface area contributed by atoms with Gasteiger partial charge >= 0.3 is 6.03 Å². The monoisotopic (exact) mass is 434 g/mol. The van der Waals surface area contributed by atoms with E-state index >= 15 is 0 Å². The fourth-order valence-electron chi connectivity index (χ4n) is 3.56. The minimum absolute atomic E-state index is 0.297. The first-order valence-corrected chi connectivity index (χ1v) is 10.6. The van der Waals surface area contributed by atoms with Crippen molar-refractivity contribution in [1.82, 2.24) is 15.6 Å². The SMILES string of the molecule is Cc1cc(C)c(-c2csc(NC(=O)c3ccc(C4(C)NC(=O)NC4=O)cc3)n2)cc1C. The zero-order valence-electron chi connectivity index (χ0n) is 17.6. The van der Waals surface area contributed by atoms with Gasteiger partial charge in [-0.15, -0.1) is 11.3 Å². The van der Waals surface area contributed by atoms with E-state index in [1.807, 2.05) is 5.38 Å². The number of benzene rings is 2. The highest BCUT2D eigenvalue weighted by Gasteiger charge is 2.43. The predicted octanol–water partition coefficient (Wildman–Crippen LogP) is 4.04. The fraction of sp³-hybridized carbons (Fsp3) is 0.217. The van der Waals surface area contributed by atoms with E-state index in [0.29, 0.717) is 16.3 Å². The molecule has 0 saturated carbocycles. The lowest BCUT2D eigenvalue weighted by Crippen LogP contribution is -2.40. The standard InChI is InChI=1S/C23H22N4O3S/c1-12-9-14(3)17(10-13(12)2)18-11-31-22(24-18)25-19(28)15-5-7-16(8-6-15)23(4)20(29)26-21(30)27-23/h5-11H,1-4H3,(H,24,25,28)(H2,26,27,29,30). The van der Waals surface area contributed by atoms with E-state index in [-0.39, 0.29) is 5.91 Å². The normalized spacial score (nSPS) is 17.9. The lowest BCUT2D eigenvalue weighted by molar-refractivity contribution is -0.123. The number of carbonyl (C=O) groups is 3. The maximum Gasteiger partial charge on any atom is 0.322 e. The molecule has 2 aromatic carbocycles. The topological polar surface area (TPSA) is 100 Å². The number of rotatable bonds is 4. The van der Waals surface area contributed by atoms with Crippen LogP contribution in [0.2, 0.25) is 0 Å². The van der Waals surface area contributed by atoms with Crippen LogP contribution >= 0.6 is 11.3 Å². The Kier molecular flexibility index (Phi) is 5.10. The number of nitrogens with one attached hydrogen (secondary N) is 3. The second-order valence-corrected chi connectivity index (χ2v) is 8.71. The summed E-state index contributed by atoms with van der Waals surface area (Å²) in [6.45, 7) is 7.82. The summed E-state index contributed by atoms with van der Waals surface area (Å²) in [5, 5.41) is 10.1. The van der Waals surface area contributed by atoms with Crippen LogP contribution in [-0.2, 0) is 10.3 Å². The highest BCUT2D eigenvalue weighted by molar-refractivity contribution is 7.14. The highest BCUT2D eigenvalue weighted by Crippen LogP contribution is 2.30. The van der Waals surface area contributed by atoms with Gasteiger partial charge in [-0.1, -0.05) is 18.2 Å². The Morgan fingerprint density at radius 2 is 1.71 bits per heavy atom. The van der Waals surface area contributed by atoms with Crippen LogP contribution < -0.4 is 16.0 Å². The molecule has 0 spiro atoms. The summed E-state index contributed by atoms with van der Waals surface area (Å²) in [6, 6.07) is 10.3. The van der Waals surface area contributed by atoms with Crippen LogP contribution in [0.3, 0.4) is 0 Å². The van der Waals surface area contributed by atoms with Gasteiger partial charge in [-0.3, -0.25) is 20.2 Å². The predicted molar refractivity (Wildman–Crippen MR) is 120 cm³/mol. The van der Waals surface area contributed by atoms with Crippen molar-refractivity contribution in [1.29, 1.82) is 0 Å². The van der Waals surface area contributed by atoms with Crippen LogP contribution in [0.25, 0.3) is 11.3 Å². The van der Waals surface area contributed by atoms with Gasteiger partial charge in [0, 0.05) is 16.5 Å². The van der Waals surface area contributed by atoms with Gasteiger partial charge in [0.05, 0.1) is 5.69 Å². The van der Waals surface area contributed by atoms with E-state index in [1.165, 1.54) is 22.5 Å². The number of nitrogens with zero attached hydrogens (tertiary/aromatic N) is 1. The molecule has 1 atom stereocenters. The summed E-state index contributed by atoms with van der Waals surface area (Å²) in [6.07, 6.45) is 0. The lowest BCUT2D eigenvalue weighted by Gasteiger charge is -2.21. The number of amides is 4. The molecule has 0 radical (unpaired) electrons. The number of carbonyl (C=O) groups excluding carboxylic acids is 3. The molecule has 1 unspecified atom stereocenters. The molecule has 4 rings (SSSR count). The van der Waals surface area contributed by atoms with Crippen molar-refractivity contribution in [3.05, 3.63) is 69.6 Å². The molecule has 1 aliphatic heterocycles. The molecule has 158 valence electrons. The van der Waals surface area contributed by atoms with Crippen molar-refractivity contribution in [2.75, 3.05) is 5.32 Å². The Bertz CT molecular complexity index is 1220. The number of hydrogen-bond acceptors (Lipinski definition) is 5. The van der Waals surface area contributed by atoms with E-state index in [9.17, 15) is 14.4 Å². The van der Waals surface area contributed by atoms with Crippen molar-refractivity contribution < 1.29 is 14.4 Å². The zero-order chi connectivity index (χ0) is 22.3. The largest absolute Gasteiger partial charge is 0.322 e. The first kappa shape index (κ1) is 20.7. The fourth-order valence-corrected chi connectivity index (χ4v) is 4.27. The van der Waals surface area contributed by atoms with Crippen molar-refractivity contribution in [2.45, 2.75) is 33.2 Å². The summed E-state index contributed by atoms with van der Waals surface area (Å²) < 4.78 is 0. The molecule has 1 fully saturated rings. The van der Waals surface area contributed by atoms with Gasteiger partial charge < -0.3 is 5.32 Å². The molecule has 8 heteroatoms. The van der Waals surface area contributed by atoms with E-state index in [0.717, 1.165) is 16.8 Å². The van der Waals surface area contributed by atoms with Crippen molar-refractivity contribution >= 4 is 34.3 Å². The molecule has 2 heterocycles. The van der Waals surface area contributed by atoms with Gasteiger partial charge in [-0.2, -0.15) is 0 Å². The van der Waals surface area contributed by atoms with E-state index in [1.54, 1.807) is 31.2 Å². The molecule has 1 aliphatic rings. The average molecular weight is 435 g/mol. The summed E-state index contributed by atoms with van der Waals surface area (Å²) in [5.74, 6) is -0.721. The summed E-state index contributed by atoms with van der Waals surface area (Å²) in [4.78, 5) is 40.8. The number of aromatic nitrogens is 1. The van der Waals surface area contributed by atoms with Crippen molar-refractivity contribution in [3.63, 3.8) is 0 Å². The zero-order valence-corrected chi connectivity index (χ0v) is 18.4. The summed E-state index contributed by atoms with van der Waals surface area (Å²) in [7, 11) is 0. The molecule has 31 heavy (non-hydrogen) atoms. The second-order valence-electron chi connectivity index (χ2n) is 7.85. The Morgan fingerprint density at radius 1 is 1.03 bits per heavy atom. The number of aryl methyl sites for hydroxylation is 3. The third-order valence-electron chi connectivity index (χ3n) is 5.61. The summed E-state index contributed by atoms with van der Waals surface area (Å²) >= 11 is 1.37. The second kappa shape index (κ2) is 7.63. The Balaban J connectivity index is 1.50. The molecular formula is C23H22N4O3S. The van der Waals surface area contributed by atoms with Gasteiger partial charge in [-0.25, -0.2) is 9.78 Å². The van der Waals surface area contributed by atoms with Crippen LogP contribution in [0.1, 0.15) is 39.5 Å².